The van der Waals surface area contributed by atoms with Crippen LogP contribution in [-0.2, 0) is 19.1 Å². The molecule has 0 saturated carbocycles. The van der Waals surface area contributed by atoms with Crippen LogP contribution in [0.2, 0.25) is 0 Å². The first-order chi connectivity index (χ1) is 18.7. The zero-order valence-corrected chi connectivity index (χ0v) is 23.6. The highest BCUT2D eigenvalue weighted by molar-refractivity contribution is 6.03. The van der Waals surface area contributed by atoms with Crippen molar-refractivity contribution in [2.75, 3.05) is 31.1 Å². The second kappa shape index (κ2) is 11.6. The Morgan fingerprint density at radius 2 is 1.82 bits per heavy atom. The zero-order valence-electron chi connectivity index (χ0n) is 23.6. The largest absolute Gasteiger partial charge is 0.396 e. The number of amides is 3. The number of para-hydroxylation sites is 1. The van der Waals surface area contributed by atoms with Gasteiger partial charge in [-0.25, -0.2) is 0 Å². The van der Waals surface area contributed by atoms with Crippen LogP contribution in [0.25, 0.3) is 0 Å². The van der Waals surface area contributed by atoms with Gasteiger partial charge in [-0.15, -0.1) is 13.2 Å². The number of fused-ring (bicyclic) bond motifs is 1. The molecule has 5 atom stereocenters. The molecule has 2 bridgehead atoms. The zero-order chi connectivity index (χ0) is 28.4. The number of ether oxygens (including phenoxy) is 1. The molecule has 3 aliphatic heterocycles. The van der Waals surface area contributed by atoms with Gasteiger partial charge in [0.2, 0.25) is 17.7 Å². The Morgan fingerprint density at radius 1 is 1.13 bits per heavy atom. The van der Waals surface area contributed by atoms with Gasteiger partial charge in [-0.05, 0) is 58.1 Å². The molecule has 3 heterocycles. The Bertz CT molecular complexity index is 1090. The van der Waals surface area contributed by atoms with Crippen LogP contribution in [0.5, 0.6) is 0 Å². The summed E-state index contributed by atoms with van der Waals surface area (Å²) in [6, 6.07) is 8.49. The smallest absolute Gasteiger partial charge is 0.248 e. The van der Waals surface area contributed by atoms with Crippen molar-refractivity contribution in [2.24, 2.45) is 11.8 Å². The third kappa shape index (κ3) is 4.72. The normalized spacial score (nSPS) is 29.0. The van der Waals surface area contributed by atoms with Gasteiger partial charge in [0.05, 0.1) is 17.4 Å². The van der Waals surface area contributed by atoms with Gasteiger partial charge in [-0.3, -0.25) is 14.4 Å². The van der Waals surface area contributed by atoms with Crippen molar-refractivity contribution in [3.05, 3.63) is 55.6 Å². The third-order valence-corrected chi connectivity index (χ3v) is 8.87. The molecule has 1 N–H and O–H groups in total. The van der Waals surface area contributed by atoms with Crippen LogP contribution < -0.4 is 4.90 Å². The SMILES string of the molecule is C=CCN(C(=O)[C@@H]1[C@H]2C(=O)N(CCCCO)C(C(=O)N(CC=C)C(C)C)C23CC[C@@]1(CC)O3)c1ccccc1. The van der Waals surface area contributed by atoms with Crippen molar-refractivity contribution < 1.29 is 24.2 Å². The Kier molecular flexibility index (Phi) is 8.66. The van der Waals surface area contributed by atoms with Crippen LogP contribution in [0, 0.1) is 11.8 Å². The van der Waals surface area contributed by atoms with Crippen molar-refractivity contribution in [3.8, 4) is 0 Å². The number of aliphatic hydroxyl groups is 1. The van der Waals surface area contributed by atoms with E-state index in [1.165, 1.54) is 0 Å². The number of hydrogen-bond acceptors (Lipinski definition) is 5. The van der Waals surface area contributed by atoms with Gasteiger partial charge in [0.15, 0.2) is 0 Å². The minimum Gasteiger partial charge on any atom is -0.396 e. The topological polar surface area (TPSA) is 90.4 Å². The third-order valence-electron chi connectivity index (χ3n) is 8.87. The van der Waals surface area contributed by atoms with Crippen molar-refractivity contribution in [3.63, 3.8) is 0 Å². The van der Waals surface area contributed by atoms with Gasteiger partial charge < -0.3 is 24.5 Å². The summed E-state index contributed by atoms with van der Waals surface area (Å²) < 4.78 is 6.91. The molecule has 2 unspecified atom stereocenters. The summed E-state index contributed by atoms with van der Waals surface area (Å²) in [5, 5.41) is 9.40. The van der Waals surface area contributed by atoms with Crippen LogP contribution >= 0.6 is 0 Å². The van der Waals surface area contributed by atoms with E-state index in [1.54, 1.807) is 26.9 Å². The number of benzene rings is 1. The second-order valence-electron chi connectivity index (χ2n) is 11.2. The molecule has 39 heavy (non-hydrogen) atoms. The Labute approximate surface area is 232 Å². The number of rotatable bonds is 13. The number of aliphatic hydroxyl groups excluding tert-OH is 1. The van der Waals surface area contributed by atoms with Gasteiger partial charge >= 0.3 is 0 Å². The predicted octanol–water partition coefficient (Wildman–Crippen LogP) is 3.56. The molecule has 1 aromatic rings. The van der Waals surface area contributed by atoms with E-state index in [1.807, 2.05) is 51.1 Å². The van der Waals surface area contributed by atoms with Gasteiger partial charge in [0, 0.05) is 38.0 Å². The average molecular weight is 538 g/mol. The Hall–Kier alpha value is -2.97. The lowest BCUT2D eigenvalue weighted by molar-refractivity contribution is -0.153. The van der Waals surface area contributed by atoms with Crippen LogP contribution in [0.4, 0.5) is 5.69 Å². The number of carbonyl (C=O) groups is 3. The lowest BCUT2D eigenvalue weighted by Gasteiger charge is -2.38. The molecule has 3 amide bonds. The van der Waals surface area contributed by atoms with Gasteiger partial charge in [0.25, 0.3) is 0 Å². The summed E-state index contributed by atoms with van der Waals surface area (Å²) >= 11 is 0. The summed E-state index contributed by atoms with van der Waals surface area (Å²) in [6.45, 7) is 14.6. The van der Waals surface area contributed by atoms with E-state index in [9.17, 15) is 19.5 Å². The number of nitrogens with zero attached hydrogens (tertiary/aromatic N) is 3. The number of hydrogen-bond donors (Lipinski definition) is 1. The fourth-order valence-corrected chi connectivity index (χ4v) is 7.09. The summed E-state index contributed by atoms with van der Waals surface area (Å²) in [5.74, 6) is -2.01. The Balaban J connectivity index is 1.81. The highest BCUT2D eigenvalue weighted by Crippen LogP contribution is 2.64. The summed E-state index contributed by atoms with van der Waals surface area (Å²) in [6.07, 6.45) is 6.18. The monoisotopic (exact) mass is 537 g/mol. The average Bonchev–Trinajstić information content (AvgIpc) is 3.54. The molecule has 4 rings (SSSR count). The molecule has 0 radical (unpaired) electrons. The highest BCUT2D eigenvalue weighted by atomic mass is 16.5. The number of carbonyl (C=O) groups excluding carboxylic acids is 3. The lowest BCUT2D eigenvalue weighted by atomic mass is 9.64. The summed E-state index contributed by atoms with van der Waals surface area (Å²) in [4.78, 5) is 48.1. The fraction of sp³-hybridized carbons (Fsp3) is 0.581. The van der Waals surface area contributed by atoms with Crippen LogP contribution in [0.1, 0.15) is 52.9 Å². The predicted molar refractivity (Wildman–Crippen MR) is 151 cm³/mol. The number of likely N-dealkylation sites (tertiary alicyclic amines) is 1. The van der Waals surface area contributed by atoms with Crippen LogP contribution in [0.3, 0.4) is 0 Å². The first kappa shape index (κ1) is 29.0. The van der Waals surface area contributed by atoms with Crippen molar-refractivity contribution in [2.45, 2.75) is 76.2 Å². The molecular weight excluding hydrogens is 494 g/mol. The van der Waals surface area contributed by atoms with E-state index in [-0.39, 0.29) is 30.4 Å². The first-order valence-electron chi connectivity index (χ1n) is 14.2. The minimum absolute atomic E-state index is 0.00788. The van der Waals surface area contributed by atoms with E-state index in [0.29, 0.717) is 51.7 Å². The van der Waals surface area contributed by atoms with Crippen molar-refractivity contribution >= 4 is 23.4 Å². The molecule has 0 aliphatic carbocycles. The Morgan fingerprint density at radius 3 is 2.41 bits per heavy atom. The minimum atomic E-state index is -1.07. The van der Waals surface area contributed by atoms with Crippen LogP contribution in [0.15, 0.2) is 55.6 Å². The maximum Gasteiger partial charge on any atom is 0.248 e. The van der Waals surface area contributed by atoms with Gasteiger partial charge in [-0.1, -0.05) is 37.3 Å². The summed E-state index contributed by atoms with van der Waals surface area (Å²) in [5.41, 5.74) is -1.16. The van der Waals surface area contributed by atoms with Crippen molar-refractivity contribution in [1.29, 1.82) is 0 Å². The molecular formula is C31H43N3O5. The molecule has 0 aromatic heterocycles. The van der Waals surface area contributed by atoms with E-state index < -0.39 is 29.1 Å². The molecule has 8 nitrogen and oxygen atoms in total. The van der Waals surface area contributed by atoms with E-state index in [2.05, 4.69) is 13.2 Å². The second-order valence-corrected chi connectivity index (χ2v) is 11.2. The van der Waals surface area contributed by atoms with Crippen LogP contribution in [-0.4, -0.2) is 82.2 Å². The van der Waals surface area contributed by atoms with Crippen molar-refractivity contribution in [1.82, 2.24) is 9.80 Å². The van der Waals surface area contributed by atoms with E-state index >= 15 is 0 Å². The lowest BCUT2D eigenvalue weighted by Crippen LogP contribution is -2.57. The van der Waals surface area contributed by atoms with E-state index in [4.69, 9.17) is 4.74 Å². The standard InChI is InChI=1S/C31H43N3O5/c1-6-18-32(22(4)5)29(38)26-31-17-16-30(8-3,39-31)24(25(31)28(37)34(26)20-12-13-21-35)27(36)33(19-7-2)23-14-10-9-11-15-23/h6-7,9-11,14-15,22,24-26,35H,1-2,8,12-13,16-21H2,3-5H3/t24-,25-,26?,30+,31?/m0/s1. The number of anilines is 1. The van der Waals surface area contributed by atoms with E-state index in [0.717, 1.165) is 5.69 Å². The highest BCUT2D eigenvalue weighted by Gasteiger charge is 2.79. The molecule has 212 valence electrons. The summed E-state index contributed by atoms with van der Waals surface area (Å²) in [7, 11) is 0. The molecule has 1 spiro atoms. The first-order valence-corrected chi connectivity index (χ1v) is 14.2. The molecule has 8 heteroatoms. The maximum atomic E-state index is 14.4. The maximum absolute atomic E-state index is 14.4. The molecule has 3 saturated heterocycles. The number of unbranched alkanes of at least 4 members (excludes halogenated alkanes) is 1. The molecule has 1 aromatic carbocycles. The quantitative estimate of drug-likeness (QED) is 0.307. The molecule has 3 aliphatic rings. The fourth-order valence-electron chi connectivity index (χ4n) is 7.09. The van der Waals surface area contributed by atoms with Gasteiger partial charge in [0.1, 0.15) is 11.6 Å². The molecule has 3 fully saturated rings. The van der Waals surface area contributed by atoms with Gasteiger partial charge in [-0.2, -0.15) is 0 Å².